The molecule has 1 amide bonds. The van der Waals surface area contributed by atoms with Gasteiger partial charge in [-0.3, -0.25) is 5.32 Å². The minimum atomic E-state index is -1.04. The number of aliphatic hydroxyl groups is 1. The maximum Gasteiger partial charge on any atom is 0.412 e. The molecule has 1 atom stereocenters. The predicted molar refractivity (Wildman–Crippen MR) is 106 cm³/mol. The van der Waals surface area contributed by atoms with Gasteiger partial charge in [-0.15, -0.1) is 0 Å². The summed E-state index contributed by atoms with van der Waals surface area (Å²) in [6.45, 7) is 5.33. The minimum absolute atomic E-state index is 0.408. The summed E-state index contributed by atoms with van der Waals surface area (Å²) in [5.74, 6) is 0.588. The molecule has 7 heteroatoms. The van der Waals surface area contributed by atoms with Gasteiger partial charge in [0.05, 0.1) is 17.3 Å². The SMILES string of the molecule is COc1cccc(C(O)c2cc(Cl)ccc2NC(=O)OC(C)(C)C)c1Br. The van der Waals surface area contributed by atoms with Gasteiger partial charge in [-0.2, -0.15) is 0 Å². The number of carbonyl (C=O) groups is 1. The van der Waals surface area contributed by atoms with Gasteiger partial charge in [-0.1, -0.05) is 23.7 Å². The first-order valence-electron chi connectivity index (χ1n) is 7.92. The van der Waals surface area contributed by atoms with Crippen LogP contribution in [0.4, 0.5) is 10.5 Å². The Balaban J connectivity index is 2.40. The Morgan fingerprint density at radius 1 is 1.23 bits per heavy atom. The third-order valence-electron chi connectivity index (χ3n) is 3.45. The van der Waals surface area contributed by atoms with Crippen molar-refractivity contribution in [1.29, 1.82) is 0 Å². The van der Waals surface area contributed by atoms with Crippen molar-refractivity contribution in [2.45, 2.75) is 32.5 Å². The predicted octanol–water partition coefficient (Wildman–Crippen LogP) is 5.54. The van der Waals surface area contributed by atoms with Crippen LogP contribution >= 0.6 is 27.5 Å². The number of amides is 1. The lowest BCUT2D eigenvalue weighted by Crippen LogP contribution is -2.27. The van der Waals surface area contributed by atoms with Crippen LogP contribution in [0.1, 0.15) is 38.0 Å². The molecule has 0 saturated carbocycles. The smallest absolute Gasteiger partial charge is 0.412 e. The van der Waals surface area contributed by atoms with E-state index in [-0.39, 0.29) is 0 Å². The number of anilines is 1. The molecule has 2 aromatic carbocycles. The Morgan fingerprint density at radius 3 is 2.54 bits per heavy atom. The highest BCUT2D eigenvalue weighted by Crippen LogP contribution is 2.38. The molecule has 0 fully saturated rings. The third kappa shape index (κ3) is 5.13. The number of nitrogens with one attached hydrogen (secondary N) is 1. The summed E-state index contributed by atoms with van der Waals surface area (Å²) < 4.78 is 11.2. The number of carbonyl (C=O) groups excluding carboxylic acids is 1. The van der Waals surface area contributed by atoms with Crippen molar-refractivity contribution < 1.29 is 19.4 Å². The number of aliphatic hydroxyl groups excluding tert-OH is 1. The van der Waals surface area contributed by atoms with E-state index in [0.717, 1.165) is 0 Å². The van der Waals surface area contributed by atoms with E-state index in [4.69, 9.17) is 21.1 Å². The average molecular weight is 443 g/mol. The number of hydrogen-bond donors (Lipinski definition) is 2. The zero-order chi connectivity index (χ0) is 19.5. The normalized spacial score (nSPS) is 12.4. The Kier molecular flexibility index (Phi) is 6.55. The quantitative estimate of drug-likeness (QED) is 0.652. The first-order valence-corrected chi connectivity index (χ1v) is 9.09. The molecular formula is C19H21BrClNO4. The average Bonchev–Trinajstić information content (AvgIpc) is 2.54. The van der Waals surface area contributed by atoms with Gasteiger partial charge in [-0.05, 0) is 61.0 Å². The van der Waals surface area contributed by atoms with Crippen molar-refractivity contribution in [2.24, 2.45) is 0 Å². The minimum Gasteiger partial charge on any atom is -0.496 e. The molecule has 0 bridgehead atoms. The van der Waals surface area contributed by atoms with E-state index in [1.54, 1.807) is 64.3 Å². The molecule has 5 nitrogen and oxygen atoms in total. The topological polar surface area (TPSA) is 67.8 Å². The summed E-state index contributed by atoms with van der Waals surface area (Å²) in [4.78, 5) is 12.1. The van der Waals surface area contributed by atoms with Gasteiger partial charge < -0.3 is 14.6 Å². The molecule has 0 aliphatic heterocycles. The fourth-order valence-electron chi connectivity index (χ4n) is 2.35. The standard InChI is InChI=1S/C19H21BrClNO4/c1-19(2,3)26-18(24)22-14-9-8-11(21)10-13(14)17(23)12-6-5-7-15(25-4)16(12)20/h5-10,17,23H,1-4H3,(H,22,24). The second kappa shape index (κ2) is 8.29. The van der Waals surface area contributed by atoms with Crippen molar-refractivity contribution in [1.82, 2.24) is 0 Å². The Bertz CT molecular complexity index is 805. The molecule has 0 aliphatic carbocycles. The largest absolute Gasteiger partial charge is 0.496 e. The molecule has 26 heavy (non-hydrogen) atoms. The van der Waals surface area contributed by atoms with E-state index in [1.165, 1.54) is 0 Å². The number of hydrogen-bond acceptors (Lipinski definition) is 4. The van der Waals surface area contributed by atoms with Crippen LogP contribution in [-0.2, 0) is 4.74 Å². The zero-order valence-electron chi connectivity index (χ0n) is 15.0. The molecular weight excluding hydrogens is 422 g/mol. The van der Waals surface area contributed by atoms with Crippen LogP contribution < -0.4 is 10.1 Å². The second-order valence-electron chi connectivity index (χ2n) is 6.62. The first-order chi connectivity index (χ1) is 12.1. The number of rotatable bonds is 4. The monoisotopic (exact) mass is 441 g/mol. The van der Waals surface area contributed by atoms with Crippen molar-refractivity contribution >= 4 is 39.3 Å². The van der Waals surface area contributed by atoms with Gasteiger partial charge in [0, 0.05) is 16.1 Å². The zero-order valence-corrected chi connectivity index (χ0v) is 17.3. The van der Waals surface area contributed by atoms with Crippen molar-refractivity contribution in [3.63, 3.8) is 0 Å². The fraction of sp³-hybridized carbons (Fsp3) is 0.316. The van der Waals surface area contributed by atoms with Gasteiger partial charge in [-0.25, -0.2) is 4.79 Å². The molecule has 0 radical (unpaired) electrons. The molecule has 0 aromatic heterocycles. The molecule has 0 heterocycles. The van der Waals surface area contributed by atoms with Crippen LogP contribution in [-0.4, -0.2) is 23.9 Å². The van der Waals surface area contributed by atoms with Crippen LogP contribution in [0.3, 0.4) is 0 Å². The summed E-state index contributed by atoms with van der Waals surface area (Å²) >= 11 is 9.54. The number of methoxy groups -OCH3 is 1. The van der Waals surface area contributed by atoms with Gasteiger partial charge >= 0.3 is 6.09 Å². The third-order valence-corrected chi connectivity index (χ3v) is 4.54. The molecule has 1 unspecified atom stereocenters. The molecule has 140 valence electrons. The summed E-state index contributed by atoms with van der Waals surface area (Å²) in [5.41, 5.74) is 0.799. The van der Waals surface area contributed by atoms with Gasteiger partial charge in [0.15, 0.2) is 0 Å². The maximum atomic E-state index is 12.1. The number of benzene rings is 2. The highest BCUT2D eigenvalue weighted by atomic mass is 79.9. The van der Waals surface area contributed by atoms with E-state index in [2.05, 4.69) is 21.2 Å². The Labute approximate surface area is 166 Å². The van der Waals surface area contributed by atoms with E-state index in [1.807, 2.05) is 0 Å². The highest BCUT2D eigenvalue weighted by Gasteiger charge is 2.22. The van der Waals surface area contributed by atoms with E-state index >= 15 is 0 Å². The van der Waals surface area contributed by atoms with Crippen LogP contribution in [0.2, 0.25) is 5.02 Å². The van der Waals surface area contributed by atoms with Crippen molar-refractivity contribution in [3.05, 3.63) is 57.0 Å². The lowest BCUT2D eigenvalue weighted by Gasteiger charge is -2.22. The molecule has 2 N–H and O–H groups in total. The molecule has 2 aromatic rings. The molecule has 0 spiro atoms. The van der Waals surface area contributed by atoms with Gasteiger partial charge in [0.2, 0.25) is 0 Å². The number of ether oxygens (including phenoxy) is 2. The van der Waals surface area contributed by atoms with Gasteiger partial charge in [0.25, 0.3) is 0 Å². The Morgan fingerprint density at radius 2 is 1.92 bits per heavy atom. The maximum absolute atomic E-state index is 12.1. The van der Waals surface area contributed by atoms with Crippen molar-refractivity contribution in [2.75, 3.05) is 12.4 Å². The van der Waals surface area contributed by atoms with E-state index < -0.39 is 17.8 Å². The summed E-state index contributed by atoms with van der Waals surface area (Å²) in [5, 5.41) is 14.0. The second-order valence-corrected chi connectivity index (χ2v) is 7.85. The number of halogens is 2. The lowest BCUT2D eigenvalue weighted by molar-refractivity contribution is 0.0635. The van der Waals surface area contributed by atoms with Crippen molar-refractivity contribution in [3.8, 4) is 5.75 Å². The summed E-state index contributed by atoms with van der Waals surface area (Å²) in [6, 6.07) is 10.2. The lowest BCUT2D eigenvalue weighted by atomic mass is 9.99. The Hall–Kier alpha value is -1.76. The van der Waals surface area contributed by atoms with Crippen LogP contribution in [0.15, 0.2) is 40.9 Å². The molecule has 2 rings (SSSR count). The highest BCUT2D eigenvalue weighted by molar-refractivity contribution is 9.10. The fourth-order valence-corrected chi connectivity index (χ4v) is 3.17. The van der Waals surface area contributed by atoms with Gasteiger partial charge in [0.1, 0.15) is 17.5 Å². The summed E-state index contributed by atoms with van der Waals surface area (Å²) in [7, 11) is 1.55. The summed E-state index contributed by atoms with van der Waals surface area (Å²) in [6.07, 6.45) is -1.65. The van der Waals surface area contributed by atoms with Crippen LogP contribution in [0.5, 0.6) is 5.75 Å². The van der Waals surface area contributed by atoms with E-state index in [0.29, 0.717) is 32.1 Å². The van der Waals surface area contributed by atoms with Crippen LogP contribution in [0.25, 0.3) is 0 Å². The van der Waals surface area contributed by atoms with Crippen LogP contribution in [0, 0.1) is 0 Å². The molecule has 0 saturated heterocycles. The first kappa shape index (κ1) is 20.6. The van der Waals surface area contributed by atoms with E-state index in [9.17, 15) is 9.90 Å². The molecule has 0 aliphatic rings.